The van der Waals surface area contributed by atoms with E-state index in [4.69, 9.17) is 9.47 Å². The molecule has 136 valence electrons. The first-order valence-corrected chi connectivity index (χ1v) is 8.42. The van der Waals surface area contributed by atoms with Gasteiger partial charge in [-0.3, -0.25) is 4.79 Å². The lowest BCUT2D eigenvalue weighted by Crippen LogP contribution is -2.12. The van der Waals surface area contributed by atoms with E-state index in [0.29, 0.717) is 17.4 Å². The molecule has 0 spiro atoms. The number of hydrogen-bond donors (Lipinski definition) is 2. The molecule has 0 saturated heterocycles. The van der Waals surface area contributed by atoms with Crippen molar-refractivity contribution in [3.8, 4) is 22.8 Å². The Morgan fingerprint density at radius 1 is 1.07 bits per heavy atom. The number of hydrogen-bond acceptors (Lipinski definition) is 6. The number of rotatable bonds is 4. The third kappa shape index (κ3) is 3.27. The molecule has 7 heteroatoms. The first-order chi connectivity index (χ1) is 13.2. The van der Waals surface area contributed by atoms with Gasteiger partial charge < -0.3 is 20.1 Å². The molecule has 27 heavy (non-hydrogen) atoms. The van der Waals surface area contributed by atoms with Crippen molar-refractivity contribution in [1.29, 1.82) is 0 Å². The van der Waals surface area contributed by atoms with Crippen LogP contribution in [0.3, 0.4) is 0 Å². The van der Waals surface area contributed by atoms with E-state index in [-0.39, 0.29) is 12.3 Å². The SMILES string of the molecule is COc1ccc(Nc2ncc3c(n2)-c2ccccc2NC(=O)C3)cc1OC. The van der Waals surface area contributed by atoms with Gasteiger partial charge in [0.2, 0.25) is 11.9 Å². The maximum Gasteiger partial charge on any atom is 0.228 e. The number of amides is 1. The van der Waals surface area contributed by atoms with Gasteiger partial charge in [0.05, 0.1) is 32.0 Å². The summed E-state index contributed by atoms with van der Waals surface area (Å²) in [5.74, 6) is 1.61. The summed E-state index contributed by atoms with van der Waals surface area (Å²) in [6.45, 7) is 0. The second-order valence-corrected chi connectivity index (χ2v) is 6.03. The summed E-state index contributed by atoms with van der Waals surface area (Å²) in [6.07, 6.45) is 1.92. The van der Waals surface area contributed by atoms with Gasteiger partial charge in [0, 0.05) is 29.1 Å². The highest BCUT2D eigenvalue weighted by Crippen LogP contribution is 2.34. The molecular weight excluding hydrogens is 344 g/mol. The molecule has 0 atom stereocenters. The van der Waals surface area contributed by atoms with Crippen molar-refractivity contribution in [2.45, 2.75) is 6.42 Å². The zero-order valence-corrected chi connectivity index (χ0v) is 14.9. The lowest BCUT2D eigenvalue weighted by atomic mass is 10.1. The van der Waals surface area contributed by atoms with Crippen molar-refractivity contribution in [2.75, 3.05) is 24.9 Å². The van der Waals surface area contributed by atoms with E-state index in [1.807, 2.05) is 42.5 Å². The Kier molecular flexibility index (Phi) is 4.33. The highest BCUT2D eigenvalue weighted by atomic mass is 16.5. The zero-order chi connectivity index (χ0) is 18.8. The summed E-state index contributed by atoms with van der Waals surface area (Å²) >= 11 is 0. The topological polar surface area (TPSA) is 85.4 Å². The van der Waals surface area contributed by atoms with Gasteiger partial charge in [-0.25, -0.2) is 9.97 Å². The first kappa shape index (κ1) is 16.8. The number of para-hydroxylation sites is 1. The minimum atomic E-state index is -0.0783. The molecule has 0 fully saturated rings. The van der Waals surface area contributed by atoms with Crippen LogP contribution in [-0.2, 0) is 11.2 Å². The third-order valence-electron chi connectivity index (χ3n) is 4.31. The van der Waals surface area contributed by atoms with E-state index in [9.17, 15) is 4.79 Å². The van der Waals surface area contributed by atoms with Crippen molar-refractivity contribution in [3.63, 3.8) is 0 Å². The van der Waals surface area contributed by atoms with Gasteiger partial charge in [-0.15, -0.1) is 0 Å². The van der Waals surface area contributed by atoms with Crippen LogP contribution in [0.25, 0.3) is 11.3 Å². The highest BCUT2D eigenvalue weighted by Gasteiger charge is 2.20. The van der Waals surface area contributed by atoms with E-state index in [0.717, 1.165) is 28.2 Å². The number of aromatic nitrogens is 2. The van der Waals surface area contributed by atoms with Gasteiger partial charge in [-0.05, 0) is 18.2 Å². The number of benzene rings is 2. The predicted molar refractivity (Wildman–Crippen MR) is 103 cm³/mol. The van der Waals surface area contributed by atoms with Crippen molar-refractivity contribution < 1.29 is 14.3 Å². The smallest absolute Gasteiger partial charge is 0.228 e. The maximum absolute atomic E-state index is 12.1. The molecule has 3 aromatic rings. The average molecular weight is 362 g/mol. The zero-order valence-electron chi connectivity index (χ0n) is 14.9. The molecule has 2 heterocycles. The fourth-order valence-electron chi connectivity index (χ4n) is 3.04. The van der Waals surface area contributed by atoms with Crippen LogP contribution in [0, 0.1) is 0 Å². The first-order valence-electron chi connectivity index (χ1n) is 8.42. The van der Waals surface area contributed by atoms with Gasteiger partial charge in [0.25, 0.3) is 0 Å². The predicted octanol–water partition coefficient (Wildman–Crippen LogP) is 3.40. The molecule has 1 aliphatic rings. The number of anilines is 3. The highest BCUT2D eigenvalue weighted by molar-refractivity contribution is 5.99. The van der Waals surface area contributed by atoms with Gasteiger partial charge in [0.1, 0.15) is 0 Å². The Morgan fingerprint density at radius 2 is 1.89 bits per heavy atom. The van der Waals surface area contributed by atoms with E-state index < -0.39 is 0 Å². The Labute approximate surface area is 156 Å². The maximum atomic E-state index is 12.1. The molecule has 1 aliphatic heterocycles. The summed E-state index contributed by atoms with van der Waals surface area (Å²) in [7, 11) is 3.18. The van der Waals surface area contributed by atoms with Crippen LogP contribution in [-0.4, -0.2) is 30.1 Å². The largest absolute Gasteiger partial charge is 0.493 e. The van der Waals surface area contributed by atoms with Crippen LogP contribution in [0.4, 0.5) is 17.3 Å². The fraction of sp³-hybridized carbons (Fsp3) is 0.150. The van der Waals surface area contributed by atoms with E-state index in [1.165, 1.54) is 0 Å². The van der Waals surface area contributed by atoms with E-state index in [2.05, 4.69) is 20.6 Å². The molecule has 4 rings (SSSR count). The molecule has 1 amide bonds. The summed E-state index contributed by atoms with van der Waals surface area (Å²) in [5, 5.41) is 6.09. The minimum Gasteiger partial charge on any atom is -0.493 e. The Morgan fingerprint density at radius 3 is 2.70 bits per heavy atom. The van der Waals surface area contributed by atoms with E-state index >= 15 is 0 Å². The Balaban J connectivity index is 1.72. The quantitative estimate of drug-likeness (QED) is 0.740. The van der Waals surface area contributed by atoms with Crippen LogP contribution < -0.4 is 20.1 Å². The standard InChI is InChI=1S/C20H18N4O3/c1-26-16-8-7-13(10-17(16)27-2)22-20-21-11-12-9-18(25)23-15-6-4-3-5-14(15)19(12)24-20/h3-8,10-11H,9H2,1-2H3,(H,23,25)(H,21,22,24). The molecular formula is C20H18N4O3. The Hall–Kier alpha value is -3.61. The summed E-state index contributed by atoms with van der Waals surface area (Å²) < 4.78 is 10.6. The second kappa shape index (κ2) is 6.95. The number of ether oxygens (including phenoxy) is 2. The van der Waals surface area contributed by atoms with Gasteiger partial charge in [-0.2, -0.15) is 0 Å². The number of fused-ring (bicyclic) bond motifs is 3. The van der Waals surface area contributed by atoms with Crippen LogP contribution >= 0.6 is 0 Å². The number of carbonyl (C=O) groups excluding carboxylic acids is 1. The molecule has 2 aromatic carbocycles. The fourth-order valence-corrected chi connectivity index (χ4v) is 3.04. The van der Waals surface area contributed by atoms with Crippen LogP contribution in [0.15, 0.2) is 48.7 Å². The van der Waals surface area contributed by atoms with E-state index in [1.54, 1.807) is 20.4 Å². The Bertz CT molecular complexity index is 1020. The number of carbonyl (C=O) groups is 1. The van der Waals surface area contributed by atoms with Gasteiger partial charge in [0.15, 0.2) is 11.5 Å². The summed E-state index contributed by atoms with van der Waals surface area (Å²) in [4.78, 5) is 21.1. The lowest BCUT2D eigenvalue weighted by molar-refractivity contribution is -0.115. The van der Waals surface area contributed by atoms with Crippen molar-refractivity contribution in [1.82, 2.24) is 9.97 Å². The molecule has 0 aliphatic carbocycles. The van der Waals surface area contributed by atoms with Crippen LogP contribution in [0.2, 0.25) is 0 Å². The van der Waals surface area contributed by atoms with Crippen LogP contribution in [0.1, 0.15) is 5.56 Å². The molecule has 2 N–H and O–H groups in total. The normalized spacial score (nSPS) is 12.3. The molecule has 0 saturated carbocycles. The number of nitrogens with zero attached hydrogens (tertiary/aromatic N) is 2. The van der Waals surface area contributed by atoms with Crippen molar-refractivity contribution in [2.24, 2.45) is 0 Å². The average Bonchev–Trinajstić information content (AvgIpc) is 2.83. The molecule has 0 unspecified atom stereocenters. The molecule has 7 nitrogen and oxygen atoms in total. The second-order valence-electron chi connectivity index (χ2n) is 6.03. The third-order valence-corrected chi connectivity index (χ3v) is 4.31. The monoisotopic (exact) mass is 362 g/mol. The number of nitrogens with one attached hydrogen (secondary N) is 2. The molecule has 0 radical (unpaired) electrons. The molecule has 0 bridgehead atoms. The minimum absolute atomic E-state index is 0.0783. The summed E-state index contributed by atoms with van der Waals surface area (Å²) in [6, 6.07) is 13.1. The summed E-state index contributed by atoms with van der Waals surface area (Å²) in [5.41, 5.74) is 3.91. The van der Waals surface area contributed by atoms with Crippen molar-refractivity contribution >= 4 is 23.2 Å². The molecule has 1 aromatic heterocycles. The van der Waals surface area contributed by atoms with Crippen LogP contribution in [0.5, 0.6) is 11.5 Å². The lowest BCUT2D eigenvalue weighted by Gasteiger charge is -2.12. The van der Waals surface area contributed by atoms with Crippen molar-refractivity contribution in [3.05, 3.63) is 54.2 Å². The van der Waals surface area contributed by atoms with Gasteiger partial charge in [-0.1, -0.05) is 18.2 Å². The van der Waals surface area contributed by atoms with Gasteiger partial charge >= 0.3 is 0 Å². The number of methoxy groups -OCH3 is 2.